The standard InChI is InChI=1S/C22H21ClN4O2/c1-13(25-16-6-4-5-14(9-16)18-11-24-12-27(18)2)17-10-15-7-8-19(29-3)20(23)21(15)26-22(17)28/h4-13,25H,1-3H3,(H,26,28)/t13-/m0/s1. The zero-order chi connectivity index (χ0) is 20.5. The summed E-state index contributed by atoms with van der Waals surface area (Å²) in [4.78, 5) is 19.8. The third kappa shape index (κ3) is 3.59. The molecular formula is C22H21ClN4O2. The number of pyridine rings is 1. The SMILES string of the molecule is COc1ccc2cc([C@H](C)Nc3cccc(-c4cncn4C)c3)c(=O)[nH]c2c1Cl. The predicted octanol–water partition coefficient (Wildman–Crippen LogP) is 4.76. The van der Waals surface area contributed by atoms with E-state index >= 15 is 0 Å². The summed E-state index contributed by atoms with van der Waals surface area (Å²) in [6.07, 6.45) is 3.60. The van der Waals surface area contributed by atoms with Crippen LogP contribution in [-0.4, -0.2) is 21.6 Å². The van der Waals surface area contributed by atoms with Gasteiger partial charge < -0.3 is 19.6 Å². The van der Waals surface area contributed by atoms with Gasteiger partial charge in [0.15, 0.2) is 0 Å². The van der Waals surface area contributed by atoms with Crippen LogP contribution in [0.5, 0.6) is 5.75 Å². The van der Waals surface area contributed by atoms with Crippen molar-refractivity contribution in [1.29, 1.82) is 0 Å². The normalized spacial score (nSPS) is 12.1. The topological polar surface area (TPSA) is 71.9 Å². The number of methoxy groups -OCH3 is 1. The van der Waals surface area contributed by atoms with Gasteiger partial charge in [-0.15, -0.1) is 0 Å². The van der Waals surface area contributed by atoms with E-state index in [2.05, 4.69) is 15.3 Å². The zero-order valence-corrected chi connectivity index (χ0v) is 17.1. The molecule has 2 aromatic heterocycles. The zero-order valence-electron chi connectivity index (χ0n) is 16.4. The second-order valence-electron chi connectivity index (χ2n) is 6.94. The van der Waals surface area contributed by atoms with E-state index < -0.39 is 0 Å². The van der Waals surface area contributed by atoms with Crippen molar-refractivity contribution in [2.24, 2.45) is 7.05 Å². The van der Waals surface area contributed by atoms with E-state index in [0.717, 1.165) is 22.3 Å². The Labute approximate surface area is 173 Å². The molecule has 2 heterocycles. The minimum absolute atomic E-state index is 0.185. The average molecular weight is 409 g/mol. The molecule has 0 fully saturated rings. The number of nitrogens with one attached hydrogen (secondary N) is 2. The van der Waals surface area contributed by atoms with Gasteiger partial charge in [-0.25, -0.2) is 4.98 Å². The number of ether oxygens (including phenoxy) is 1. The molecule has 1 atom stereocenters. The van der Waals surface area contributed by atoms with Gasteiger partial charge in [0.2, 0.25) is 0 Å². The van der Waals surface area contributed by atoms with Gasteiger partial charge in [0, 0.05) is 29.2 Å². The highest BCUT2D eigenvalue weighted by Crippen LogP contribution is 2.32. The van der Waals surface area contributed by atoms with E-state index in [1.54, 1.807) is 19.5 Å². The van der Waals surface area contributed by atoms with Crippen molar-refractivity contribution >= 4 is 28.2 Å². The molecule has 29 heavy (non-hydrogen) atoms. The van der Waals surface area contributed by atoms with E-state index in [9.17, 15) is 4.79 Å². The Hall–Kier alpha value is -3.25. The summed E-state index contributed by atoms with van der Waals surface area (Å²) in [5.41, 5.74) is 4.01. The Morgan fingerprint density at radius 3 is 2.79 bits per heavy atom. The number of rotatable bonds is 5. The number of anilines is 1. The molecule has 0 unspecified atom stereocenters. The van der Waals surface area contributed by atoms with Crippen molar-refractivity contribution in [1.82, 2.24) is 14.5 Å². The first kappa shape index (κ1) is 19.1. The summed E-state index contributed by atoms with van der Waals surface area (Å²) in [5, 5.41) is 4.67. The van der Waals surface area contributed by atoms with Crippen LogP contribution in [0.2, 0.25) is 5.02 Å². The van der Waals surface area contributed by atoms with Gasteiger partial charge in [0.1, 0.15) is 10.8 Å². The first-order valence-electron chi connectivity index (χ1n) is 9.20. The van der Waals surface area contributed by atoms with E-state index in [0.29, 0.717) is 21.9 Å². The van der Waals surface area contributed by atoms with Crippen molar-refractivity contribution in [3.63, 3.8) is 0 Å². The number of imidazole rings is 1. The smallest absolute Gasteiger partial charge is 0.253 e. The lowest BCUT2D eigenvalue weighted by atomic mass is 10.1. The van der Waals surface area contributed by atoms with E-state index in [1.165, 1.54) is 0 Å². The highest BCUT2D eigenvalue weighted by Gasteiger charge is 2.14. The first-order valence-corrected chi connectivity index (χ1v) is 9.58. The molecule has 6 nitrogen and oxygen atoms in total. The van der Waals surface area contributed by atoms with Crippen LogP contribution >= 0.6 is 11.6 Å². The van der Waals surface area contributed by atoms with Crippen LogP contribution in [0.4, 0.5) is 5.69 Å². The second-order valence-corrected chi connectivity index (χ2v) is 7.31. The molecule has 4 rings (SSSR count). The number of H-pyrrole nitrogens is 1. The molecule has 0 bridgehead atoms. The van der Waals surface area contributed by atoms with Gasteiger partial charge in [0.25, 0.3) is 5.56 Å². The Morgan fingerprint density at radius 1 is 1.24 bits per heavy atom. The molecule has 2 N–H and O–H groups in total. The second kappa shape index (κ2) is 7.64. The van der Waals surface area contributed by atoms with Crippen LogP contribution in [0, 0.1) is 0 Å². The van der Waals surface area contributed by atoms with Gasteiger partial charge in [0.05, 0.1) is 36.9 Å². The summed E-state index contributed by atoms with van der Waals surface area (Å²) in [6.45, 7) is 1.96. The fourth-order valence-electron chi connectivity index (χ4n) is 3.45. The number of aromatic nitrogens is 3. The van der Waals surface area contributed by atoms with Gasteiger partial charge in [-0.3, -0.25) is 4.79 Å². The molecule has 2 aromatic carbocycles. The quantitative estimate of drug-likeness (QED) is 0.499. The number of fused-ring (bicyclic) bond motifs is 1. The highest BCUT2D eigenvalue weighted by atomic mass is 35.5. The van der Waals surface area contributed by atoms with Crippen molar-refractivity contribution in [2.75, 3.05) is 12.4 Å². The van der Waals surface area contributed by atoms with Gasteiger partial charge in [-0.2, -0.15) is 0 Å². The van der Waals surface area contributed by atoms with Crippen LogP contribution in [0.25, 0.3) is 22.2 Å². The molecule has 0 aliphatic rings. The molecular weight excluding hydrogens is 388 g/mol. The third-order valence-corrected chi connectivity index (χ3v) is 5.37. The Morgan fingerprint density at radius 2 is 2.07 bits per heavy atom. The van der Waals surface area contributed by atoms with Crippen LogP contribution in [-0.2, 0) is 7.05 Å². The Bertz CT molecular complexity index is 1250. The molecule has 0 aliphatic carbocycles. The lowest BCUT2D eigenvalue weighted by Gasteiger charge is -2.17. The number of nitrogens with zero attached hydrogens (tertiary/aromatic N) is 2. The molecule has 0 amide bonds. The number of aryl methyl sites for hydroxylation is 1. The lowest BCUT2D eigenvalue weighted by Crippen LogP contribution is -2.19. The predicted molar refractivity (Wildman–Crippen MR) is 117 cm³/mol. The minimum Gasteiger partial charge on any atom is -0.495 e. The first-order chi connectivity index (χ1) is 14.0. The number of benzene rings is 2. The summed E-state index contributed by atoms with van der Waals surface area (Å²) in [6, 6.07) is 13.4. The lowest BCUT2D eigenvalue weighted by molar-refractivity contribution is 0.415. The molecule has 4 aromatic rings. The number of halogens is 1. The minimum atomic E-state index is -0.203. The van der Waals surface area contributed by atoms with E-state index in [-0.39, 0.29) is 11.6 Å². The maximum absolute atomic E-state index is 12.7. The largest absolute Gasteiger partial charge is 0.495 e. The summed E-state index contributed by atoms with van der Waals surface area (Å²) in [5.74, 6) is 0.528. The fourth-order valence-corrected chi connectivity index (χ4v) is 3.75. The van der Waals surface area contributed by atoms with Gasteiger partial charge >= 0.3 is 0 Å². The van der Waals surface area contributed by atoms with Crippen molar-refractivity contribution in [2.45, 2.75) is 13.0 Å². The molecule has 0 saturated carbocycles. The number of hydrogen-bond acceptors (Lipinski definition) is 4. The molecule has 0 saturated heterocycles. The number of aromatic amines is 1. The molecule has 0 radical (unpaired) electrons. The van der Waals surface area contributed by atoms with Crippen LogP contribution in [0.15, 0.2) is 59.8 Å². The summed E-state index contributed by atoms with van der Waals surface area (Å²) in [7, 11) is 3.50. The monoisotopic (exact) mass is 408 g/mol. The molecule has 0 spiro atoms. The highest BCUT2D eigenvalue weighted by molar-refractivity contribution is 6.36. The van der Waals surface area contributed by atoms with Crippen molar-refractivity contribution < 1.29 is 4.74 Å². The van der Waals surface area contributed by atoms with E-state index in [1.807, 2.05) is 61.1 Å². The molecule has 7 heteroatoms. The summed E-state index contributed by atoms with van der Waals surface area (Å²) >= 11 is 6.34. The van der Waals surface area contributed by atoms with Gasteiger partial charge in [-0.1, -0.05) is 23.7 Å². The summed E-state index contributed by atoms with van der Waals surface area (Å²) < 4.78 is 7.19. The van der Waals surface area contributed by atoms with Crippen LogP contribution in [0.3, 0.4) is 0 Å². The third-order valence-electron chi connectivity index (χ3n) is 5.00. The fraction of sp³-hybridized carbons (Fsp3) is 0.182. The van der Waals surface area contributed by atoms with Crippen molar-refractivity contribution in [3.05, 3.63) is 75.9 Å². The number of hydrogen-bond donors (Lipinski definition) is 2. The maximum atomic E-state index is 12.7. The van der Waals surface area contributed by atoms with Gasteiger partial charge in [-0.05, 0) is 37.3 Å². The maximum Gasteiger partial charge on any atom is 0.253 e. The Balaban J connectivity index is 1.66. The molecule has 0 aliphatic heterocycles. The average Bonchev–Trinajstić information content (AvgIpc) is 3.14. The van der Waals surface area contributed by atoms with Crippen molar-refractivity contribution in [3.8, 4) is 17.0 Å². The van der Waals surface area contributed by atoms with Crippen LogP contribution in [0.1, 0.15) is 18.5 Å². The Kier molecular flexibility index (Phi) is 5.03. The van der Waals surface area contributed by atoms with E-state index in [4.69, 9.17) is 16.3 Å². The molecule has 148 valence electrons. The van der Waals surface area contributed by atoms with Crippen LogP contribution < -0.4 is 15.6 Å².